The molecule has 1 atom stereocenters. The summed E-state index contributed by atoms with van der Waals surface area (Å²) in [6, 6.07) is 11.4. The third-order valence-corrected chi connectivity index (χ3v) is 4.69. The standard InChI is InChI=1S/C17H14N2O3S2/c1-12-11-24-17(19-12)14(9-18)15(20)10-22-16(21)7-8-23-13-5-3-2-4-6-13/h2-8,11,14H,10H2,1H3/b8-7+/t14-/m0/s1. The van der Waals surface area contributed by atoms with Crippen LogP contribution in [0.1, 0.15) is 16.6 Å². The van der Waals surface area contributed by atoms with Crippen LogP contribution in [0.25, 0.3) is 0 Å². The maximum Gasteiger partial charge on any atom is 0.331 e. The van der Waals surface area contributed by atoms with Gasteiger partial charge >= 0.3 is 5.97 Å². The first-order chi connectivity index (χ1) is 11.6. The van der Waals surface area contributed by atoms with Crippen molar-refractivity contribution in [3.8, 4) is 6.07 Å². The van der Waals surface area contributed by atoms with Crippen LogP contribution in [0.5, 0.6) is 0 Å². The van der Waals surface area contributed by atoms with Crippen LogP contribution < -0.4 is 0 Å². The van der Waals surface area contributed by atoms with Crippen LogP contribution in [-0.2, 0) is 14.3 Å². The summed E-state index contributed by atoms with van der Waals surface area (Å²) >= 11 is 2.61. The Balaban J connectivity index is 1.82. The molecule has 2 rings (SSSR count). The molecule has 5 nitrogen and oxygen atoms in total. The number of ketones is 1. The lowest BCUT2D eigenvalue weighted by molar-refractivity contribution is -0.143. The number of benzene rings is 1. The maximum absolute atomic E-state index is 12.0. The van der Waals surface area contributed by atoms with Gasteiger partial charge in [0.15, 0.2) is 18.3 Å². The molecule has 0 aliphatic heterocycles. The van der Waals surface area contributed by atoms with Gasteiger partial charge in [-0.3, -0.25) is 4.79 Å². The molecule has 0 aliphatic carbocycles. The molecule has 0 saturated heterocycles. The number of carbonyl (C=O) groups excluding carboxylic acids is 2. The fraction of sp³-hybridized carbons (Fsp3) is 0.176. The lowest BCUT2D eigenvalue weighted by Gasteiger charge is -2.05. The zero-order chi connectivity index (χ0) is 17.4. The van der Waals surface area contributed by atoms with Crippen molar-refractivity contribution in [1.29, 1.82) is 5.26 Å². The highest BCUT2D eigenvalue weighted by molar-refractivity contribution is 8.02. The Kier molecular flexibility index (Phi) is 6.73. The number of rotatable bonds is 7. The van der Waals surface area contributed by atoms with Crippen LogP contribution in [-0.4, -0.2) is 23.3 Å². The number of hydrogen-bond acceptors (Lipinski definition) is 7. The van der Waals surface area contributed by atoms with E-state index in [1.807, 2.05) is 36.4 Å². The Morgan fingerprint density at radius 3 is 2.79 bits per heavy atom. The Labute approximate surface area is 148 Å². The molecular weight excluding hydrogens is 344 g/mol. The number of aryl methyl sites for hydroxylation is 1. The van der Waals surface area contributed by atoms with Crippen molar-refractivity contribution in [3.63, 3.8) is 0 Å². The first-order valence-corrected chi connectivity index (χ1v) is 8.75. The predicted molar refractivity (Wildman–Crippen MR) is 92.6 cm³/mol. The number of ether oxygens (including phenoxy) is 1. The van der Waals surface area contributed by atoms with E-state index >= 15 is 0 Å². The van der Waals surface area contributed by atoms with Gasteiger partial charge in [-0.25, -0.2) is 9.78 Å². The number of thiazole rings is 1. The number of hydrogen-bond donors (Lipinski definition) is 0. The van der Waals surface area contributed by atoms with Gasteiger partial charge < -0.3 is 4.74 Å². The maximum atomic E-state index is 12.0. The molecule has 1 aromatic heterocycles. The number of nitriles is 1. The molecule has 122 valence electrons. The van der Waals surface area contributed by atoms with Gasteiger partial charge in [0, 0.05) is 22.0 Å². The molecule has 0 radical (unpaired) electrons. The Morgan fingerprint density at radius 1 is 1.42 bits per heavy atom. The van der Waals surface area contributed by atoms with Gasteiger partial charge in [0.1, 0.15) is 5.01 Å². The van der Waals surface area contributed by atoms with Gasteiger partial charge in [0.05, 0.1) is 6.07 Å². The smallest absolute Gasteiger partial charge is 0.331 e. The van der Waals surface area contributed by atoms with Crippen molar-refractivity contribution in [3.05, 3.63) is 57.9 Å². The largest absolute Gasteiger partial charge is 0.454 e. The topological polar surface area (TPSA) is 80.0 Å². The van der Waals surface area contributed by atoms with Crippen molar-refractivity contribution in [2.75, 3.05) is 6.61 Å². The van der Waals surface area contributed by atoms with Crippen LogP contribution in [0, 0.1) is 18.3 Å². The molecule has 1 heterocycles. The second-order valence-corrected chi connectivity index (χ2v) is 6.57. The molecule has 2 aromatic rings. The van der Waals surface area contributed by atoms with Crippen LogP contribution in [0.3, 0.4) is 0 Å². The van der Waals surface area contributed by atoms with E-state index in [1.165, 1.54) is 29.2 Å². The normalized spacial score (nSPS) is 11.8. The summed E-state index contributed by atoms with van der Waals surface area (Å²) < 4.78 is 4.89. The van der Waals surface area contributed by atoms with Gasteiger partial charge in [-0.1, -0.05) is 30.0 Å². The van der Waals surface area contributed by atoms with Gasteiger partial charge in [0.25, 0.3) is 0 Å². The molecule has 0 bridgehead atoms. The third-order valence-electron chi connectivity index (χ3n) is 2.84. The number of thioether (sulfide) groups is 1. The van der Waals surface area contributed by atoms with Gasteiger partial charge in [-0.05, 0) is 24.5 Å². The zero-order valence-corrected chi connectivity index (χ0v) is 14.5. The summed E-state index contributed by atoms with van der Waals surface area (Å²) in [7, 11) is 0. The SMILES string of the molecule is Cc1csc([C@@H](C#N)C(=O)COC(=O)/C=C/Sc2ccccc2)n1. The number of esters is 1. The van der Waals surface area contributed by atoms with Crippen molar-refractivity contribution >= 4 is 34.9 Å². The molecule has 0 unspecified atom stereocenters. The quantitative estimate of drug-likeness (QED) is 0.428. The highest BCUT2D eigenvalue weighted by atomic mass is 32.2. The lowest BCUT2D eigenvalue weighted by atomic mass is 10.1. The van der Waals surface area contributed by atoms with E-state index in [0.29, 0.717) is 5.01 Å². The fourth-order valence-corrected chi connectivity index (χ4v) is 3.22. The second kappa shape index (κ2) is 9.01. The van der Waals surface area contributed by atoms with E-state index in [9.17, 15) is 9.59 Å². The highest BCUT2D eigenvalue weighted by Crippen LogP contribution is 2.21. The van der Waals surface area contributed by atoms with Gasteiger partial charge in [-0.15, -0.1) is 11.3 Å². The first-order valence-electron chi connectivity index (χ1n) is 6.99. The molecule has 0 fully saturated rings. The Bertz CT molecular complexity index is 779. The van der Waals surface area contributed by atoms with E-state index in [1.54, 1.807) is 17.7 Å². The second-order valence-electron chi connectivity index (χ2n) is 4.70. The van der Waals surface area contributed by atoms with Crippen LogP contribution in [0.15, 0.2) is 52.1 Å². The van der Waals surface area contributed by atoms with E-state index in [-0.39, 0.29) is 0 Å². The first kappa shape index (κ1) is 17.9. The number of Topliss-reactive ketones (excluding diaryl/α,β-unsaturated/α-hetero) is 1. The molecule has 7 heteroatoms. The van der Waals surface area contributed by atoms with Crippen molar-refractivity contribution in [2.45, 2.75) is 17.7 Å². The molecule has 24 heavy (non-hydrogen) atoms. The minimum Gasteiger partial charge on any atom is -0.454 e. The summed E-state index contributed by atoms with van der Waals surface area (Å²) in [6.07, 6.45) is 1.25. The summed E-state index contributed by atoms with van der Waals surface area (Å²) in [4.78, 5) is 28.8. The highest BCUT2D eigenvalue weighted by Gasteiger charge is 2.24. The fourth-order valence-electron chi connectivity index (χ4n) is 1.71. The average Bonchev–Trinajstić information content (AvgIpc) is 3.01. The lowest BCUT2D eigenvalue weighted by Crippen LogP contribution is -2.19. The molecule has 0 saturated carbocycles. The van der Waals surface area contributed by atoms with Crippen LogP contribution in [0.4, 0.5) is 0 Å². The van der Waals surface area contributed by atoms with Gasteiger partial charge in [-0.2, -0.15) is 5.26 Å². The Hall–Kier alpha value is -2.43. The number of aromatic nitrogens is 1. The number of carbonyl (C=O) groups is 2. The zero-order valence-electron chi connectivity index (χ0n) is 12.8. The summed E-state index contributed by atoms with van der Waals surface area (Å²) in [5.41, 5.74) is 0.751. The molecule has 1 aromatic carbocycles. The van der Waals surface area contributed by atoms with Crippen molar-refractivity contribution in [2.24, 2.45) is 0 Å². The van der Waals surface area contributed by atoms with Crippen molar-refractivity contribution in [1.82, 2.24) is 4.98 Å². The minimum atomic E-state index is -1.00. The monoisotopic (exact) mass is 358 g/mol. The summed E-state index contributed by atoms with van der Waals surface area (Å²) in [6.45, 7) is 1.34. The molecular formula is C17H14N2O3S2. The Morgan fingerprint density at radius 2 is 2.17 bits per heavy atom. The van der Waals surface area contributed by atoms with E-state index < -0.39 is 24.3 Å². The summed E-state index contributed by atoms with van der Waals surface area (Å²) in [5.74, 6) is -2.11. The van der Waals surface area contributed by atoms with Gasteiger partial charge in [0.2, 0.25) is 0 Å². The van der Waals surface area contributed by atoms with E-state index in [2.05, 4.69) is 4.98 Å². The van der Waals surface area contributed by atoms with E-state index in [4.69, 9.17) is 10.00 Å². The summed E-state index contributed by atoms with van der Waals surface area (Å²) in [5, 5.41) is 12.9. The predicted octanol–water partition coefficient (Wildman–Crippen LogP) is 3.48. The molecule has 0 spiro atoms. The minimum absolute atomic E-state index is 0.422. The van der Waals surface area contributed by atoms with Crippen LogP contribution in [0.2, 0.25) is 0 Å². The average molecular weight is 358 g/mol. The van der Waals surface area contributed by atoms with Crippen molar-refractivity contribution < 1.29 is 14.3 Å². The van der Waals surface area contributed by atoms with Crippen LogP contribution >= 0.6 is 23.1 Å². The van der Waals surface area contributed by atoms with E-state index in [0.717, 1.165) is 10.6 Å². The third kappa shape index (κ3) is 5.33. The molecule has 0 amide bonds. The molecule has 0 N–H and O–H groups in total. The number of nitrogens with zero attached hydrogens (tertiary/aromatic N) is 2. The molecule has 0 aliphatic rings.